The van der Waals surface area contributed by atoms with Gasteiger partial charge in [0, 0.05) is 11.1 Å². The lowest BCUT2D eigenvalue weighted by atomic mass is 9.90. The molecule has 26 heavy (non-hydrogen) atoms. The molecule has 5 nitrogen and oxygen atoms in total. The number of nitrogens with one attached hydrogen (secondary N) is 1. The minimum absolute atomic E-state index is 0.114. The van der Waals surface area contributed by atoms with Gasteiger partial charge in [0.25, 0.3) is 5.91 Å². The van der Waals surface area contributed by atoms with E-state index in [-0.39, 0.29) is 11.9 Å². The molecule has 0 saturated carbocycles. The van der Waals surface area contributed by atoms with Gasteiger partial charge in [-0.25, -0.2) is 0 Å². The summed E-state index contributed by atoms with van der Waals surface area (Å²) >= 11 is 0. The number of aryl methyl sites for hydroxylation is 4. The molecular weight excluding hydrogens is 326 g/mol. The highest BCUT2D eigenvalue weighted by Gasteiger charge is 2.16. The van der Waals surface area contributed by atoms with E-state index < -0.39 is 0 Å². The molecule has 1 aliphatic carbocycles. The van der Waals surface area contributed by atoms with Crippen LogP contribution >= 0.6 is 0 Å². The second kappa shape index (κ2) is 6.75. The molecule has 0 unspecified atom stereocenters. The summed E-state index contributed by atoms with van der Waals surface area (Å²) < 4.78 is 5.67. The fourth-order valence-corrected chi connectivity index (χ4v) is 3.40. The number of rotatable bonds is 3. The molecule has 132 valence electrons. The fourth-order valence-electron chi connectivity index (χ4n) is 3.40. The number of hydrogen-bond acceptors (Lipinski definition) is 4. The topological polar surface area (TPSA) is 68.0 Å². The fraction of sp³-hybridized carbons (Fsp3) is 0.286. The summed E-state index contributed by atoms with van der Waals surface area (Å²) in [5.74, 6) is 0.182. The van der Waals surface area contributed by atoms with Gasteiger partial charge in [0.05, 0.1) is 0 Å². The number of anilines is 1. The minimum Gasteiger partial charge on any atom is -0.403 e. The largest absolute Gasteiger partial charge is 0.403 e. The molecule has 0 bridgehead atoms. The number of amides is 1. The molecule has 0 spiro atoms. The second-order valence-electron chi connectivity index (χ2n) is 6.88. The van der Waals surface area contributed by atoms with Crippen LogP contribution in [0.3, 0.4) is 0 Å². The molecular formula is C21H21N3O2. The van der Waals surface area contributed by atoms with Crippen LogP contribution in [-0.4, -0.2) is 16.1 Å². The van der Waals surface area contributed by atoms with Crippen LogP contribution in [0.2, 0.25) is 0 Å². The van der Waals surface area contributed by atoms with Crippen LogP contribution in [0.5, 0.6) is 0 Å². The van der Waals surface area contributed by atoms with Gasteiger partial charge in [-0.3, -0.25) is 10.1 Å². The SMILES string of the molecule is Cc1ccc(C)c(C(=O)Nc2nnc(-c3ccc4c(c3)CCCC4)o2)c1. The second-order valence-corrected chi connectivity index (χ2v) is 6.88. The molecule has 3 aromatic rings. The Morgan fingerprint density at radius 3 is 2.65 bits per heavy atom. The van der Waals surface area contributed by atoms with E-state index >= 15 is 0 Å². The molecule has 1 amide bonds. The van der Waals surface area contributed by atoms with Crippen LogP contribution in [0.25, 0.3) is 11.5 Å². The van der Waals surface area contributed by atoms with Gasteiger partial charge < -0.3 is 4.42 Å². The van der Waals surface area contributed by atoms with Crippen LogP contribution in [0.1, 0.15) is 45.5 Å². The van der Waals surface area contributed by atoms with E-state index in [9.17, 15) is 4.79 Å². The first-order valence-corrected chi connectivity index (χ1v) is 8.94. The molecule has 1 aliphatic rings. The van der Waals surface area contributed by atoms with E-state index in [1.54, 1.807) is 0 Å². The highest BCUT2D eigenvalue weighted by molar-refractivity contribution is 6.04. The number of carbonyl (C=O) groups is 1. The van der Waals surface area contributed by atoms with Crippen molar-refractivity contribution in [3.8, 4) is 11.5 Å². The predicted octanol–water partition coefficient (Wildman–Crippen LogP) is 4.48. The summed E-state index contributed by atoms with van der Waals surface area (Å²) in [5, 5.41) is 10.8. The van der Waals surface area contributed by atoms with Crippen LogP contribution in [0.15, 0.2) is 40.8 Å². The van der Waals surface area contributed by atoms with Gasteiger partial charge >= 0.3 is 6.01 Å². The van der Waals surface area contributed by atoms with Crippen LogP contribution in [-0.2, 0) is 12.8 Å². The quantitative estimate of drug-likeness (QED) is 0.758. The van der Waals surface area contributed by atoms with Gasteiger partial charge in [-0.2, -0.15) is 0 Å². The molecule has 0 aliphatic heterocycles. The van der Waals surface area contributed by atoms with Crippen molar-refractivity contribution in [2.24, 2.45) is 0 Å². The maximum atomic E-state index is 12.5. The first kappa shape index (κ1) is 16.5. The third-order valence-electron chi connectivity index (χ3n) is 4.88. The van der Waals surface area contributed by atoms with Crippen LogP contribution in [0.4, 0.5) is 6.01 Å². The van der Waals surface area contributed by atoms with Crippen molar-refractivity contribution < 1.29 is 9.21 Å². The number of nitrogens with zero attached hydrogens (tertiary/aromatic N) is 2. The Morgan fingerprint density at radius 2 is 1.81 bits per heavy atom. The van der Waals surface area contributed by atoms with Crippen molar-refractivity contribution in [2.75, 3.05) is 5.32 Å². The first-order valence-electron chi connectivity index (χ1n) is 8.94. The monoisotopic (exact) mass is 347 g/mol. The van der Waals surface area contributed by atoms with Gasteiger partial charge in [0.15, 0.2) is 0 Å². The van der Waals surface area contributed by atoms with Crippen molar-refractivity contribution in [3.63, 3.8) is 0 Å². The van der Waals surface area contributed by atoms with Gasteiger partial charge in [-0.1, -0.05) is 28.9 Å². The normalized spacial score (nSPS) is 13.3. The molecule has 2 aromatic carbocycles. The Kier molecular flexibility index (Phi) is 4.29. The Balaban J connectivity index is 1.55. The maximum absolute atomic E-state index is 12.5. The summed E-state index contributed by atoms with van der Waals surface area (Å²) in [6.07, 6.45) is 4.70. The van der Waals surface area contributed by atoms with Crippen molar-refractivity contribution in [1.29, 1.82) is 0 Å². The average molecular weight is 347 g/mol. The zero-order valence-electron chi connectivity index (χ0n) is 15.0. The third kappa shape index (κ3) is 3.25. The van der Waals surface area contributed by atoms with E-state index in [1.165, 1.54) is 24.0 Å². The van der Waals surface area contributed by atoms with E-state index in [0.29, 0.717) is 11.5 Å². The highest BCUT2D eigenvalue weighted by atomic mass is 16.4. The van der Waals surface area contributed by atoms with E-state index in [4.69, 9.17) is 4.42 Å². The number of carbonyl (C=O) groups excluding carboxylic acids is 1. The number of benzene rings is 2. The van der Waals surface area contributed by atoms with Crippen molar-refractivity contribution in [2.45, 2.75) is 39.5 Å². The Labute approximate surface area is 152 Å². The van der Waals surface area contributed by atoms with Crippen molar-refractivity contribution in [3.05, 3.63) is 64.2 Å². The summed E-state index contributed by atoms with van der Waals surface area (Å²) in [7, 11) is 0. The standard InChI is InChI=1S/C21H21N3O2/c1-13-7-8-14(2)18(11-13)19(25)22-21-24-23-20(26-21)17-10-9-15-5-3-4-6-16(15)12-17/h7-12H,3-6H2,1-2H3,(H,22,24,25). The predicted molar refractivity (Wildman–Crippen MR) is 100 cm³/mol. The Bertz CT molecular complexity index is 975. The molecule has 5 heteroatoms. The van der Waals surface area contributed by atoms with Crippen LogP contribution in [0, 0.1) is 13.8 Å². The summed E-state index contributed by atoms with van der Waals surface area (Å²) in [5.41, 5.74) is 6.20. The van der Waals surface area contributed by atoms with Gasteiger partial charge in [0.1, 0.15) is 0 Å². The maximum Gasteiger partial charge on any atom is 0.322 e. The smallest absolute Gasteiger partial charge is 0.322 e. The van der Waals surface area contributed by atoms with E-state index in [2.05, 4.69) is 27.6 Å². The molecule has 0 atom stereocenters. The zero-order valence-corrected chi connectivity index (χ0v) is 15.0. The molecule has 4 rings (SSSR count). The van der Waals surface area contributed by atoms with E-state index in [0.717, 1.165) is 29.5 Å². The molecule has 1 aromatic heterocycles. The van der Waals surface area contributed by atoms with Gasteiger partial charge in [0.2, 0.25) is 5.89 Å². The lowest BCUT2D eigenvalue weighted by molar-refractivity contribution is 0.102. The van der Waals surface area contributed by atoms with Crippen molar-refractivity contribution in [1.82, 2.24) is 10.2 Å². The first-order chi connectivity index (χ1) is 12.6. The number of aromatic nitrogens is 2. The summed E-state index contributed by atoms with van der Waals surface area (Å²) in [6, 6.07) is 12.1. The van der Waals surface area contributed by atoms with Gasteiger partial charge in [-0.15, -0.1) is 5.10 Å². The molecule has 0 radical (unpaired) electrons. The summed E-state index contributed by atoms with van der Waals surface area (Å²) in [4.78, 5) is 12.5. The molecule has 1 heterocycles. The summed E-state index contributed by atoms with van der Waals surface area (Å²) in [6.45, 7) is 3.86. The van der Waals surface area contributed by atoms with Crippen molar-refractivity contribution >= 4 is 11.9 Å². The van der Waals surface area contributed by atoms with Crippen LogP contribution < -0.4 is 5.32 Å². The highest BCUT2D eigenvalue weighted by Crippen LogP contribution is 2.27. The molecule has 0 saturated heterocycles. The lowest BCUT2D eigenvalue weighted by Crippen LogP contribution is -2.13. The Hall–Kier alpha value is -2.95. The van der Waals surface area contributed by atoms with E-state index in [1.807, 2.05) is 38.1 Å². The van der Waals surface area contributed by atoms with Gasteiger partial charge in [-0.05, 0) is 74.4 Å². The molecule has 1 N–H and O–H groups in total. The average Bonchev–Trinajstić information content (AvgIpc) is 3.11. The molecule has 0 fully saturated rings. The Morgan fingerprint density at radius 1 is 1.00 bits per heavy atom. The third-order valence-corrected chi connectivity index (χ3v) is 4.88. The number of fused-ring (bicyclic) bond motifs is 1. The lowest BCUT2D eigenvalue weighted by Gasteiger charge is -2.15. The minimum atomic E-state index is -0.244. The number of hydrogen-bond donors (Lipinski definition) is 1. The zero-order chi connectivity index (χ0) is 18.1.